The van der Waals surface area contributed by atoms with Crippen LogP contribution in [0.1, 0.15) is 38.7 Å². The molecule has 3 aromatic rings. The Morgan fingerprint density at radius 3 is 2.59 bits per heavy atom. The summed E-state index contributed by atoms with van der Waals surface area (Å²) < 4.78 is 12.1. The Morgan fingerprint density at radius 1 is 1.09 bits per heavy atom. The first kappa shape index (κ1) is 33.2. The number of hydrogen-bond donors (Lipinski definition) is 2. The second-order valence-electron chi connectivity index (χ2n) is 11.5. The number of rotatable bonds is 15. The lowest BCUT2D eigenvalue weighted by atomic mass is 10.0. The average molecular weight is 630 g/mol. The normalized spacial score (nSPS) is 16.9. The molecule has 1 amide bonds. The Labute approximate surface area is 272 Å². The number of methoxy groups -OCH3 is 1. The number of nitrogens with zero attached hydrogens (tertiary/aromatic N) is 5. The number of ether oxygens (including phenoxy) is 2. The molecule has 2 aliphatic heterocycles. The monoisotopic (exact) mass is 629 g/mol. The molecule has 2 N–H and O–H groups in total. The SMILES string of the molecule is C=CC(=O)Nc1cc(Nc2cc(N3OCC[C@@H]3Cc3ccccc3)ncn2)c(OC)cc1N1CCC(OCCN(CC)CC)CC1. The van der Waals surface area contributed by atoms with Crippen molar-refractivity contribution < 1.29 is 19.1 Å². The van der Waals surface area contributed by atoms with Crippen LogP contribution in [0.2, 0.25) is 0 Å². The highest BCUT2D eigenvalue weighted by atomic mass is 16.7. The Balaban J connectivity index is 1.31. The van der Waals surface area contributed by atoms with E-state index in [4.69, 9.17) is 14.3 Å². The molecule has 1 atom stereocenters. The van der Waals surface area contributed by atoms with Crippen molar-refractivity contribution in [1.82, 2.24) is 14.9 Å². The molecule has 5 rings (SSSR count). The summed E-state index contributed by atoms with van der Waals surface area (Å²) in [6.07, 6.45) is 6.59. The zero-order chi connectivity index (χ0) is 32.3. The van der Waals surface area contributed by atoms with E-state index in [1.54, 1.807) is 7.11 Å². The molecule has 246 valence electrons. The number of hydrogen-bond acceptors (Lipinski definition) is 10. The lowest BCUT2D eigenvalue weighted by molar-refractivity contribution is -0.111. The van der Waals surface area contributed by atoms with E-state index in [1.807, 2.05) is 29.3 Å². The van der Waals surface area contributed by atoms with E-state index < -0.39 is 0 Å². The van der Waals surface area contributed by atoms with Crippen molar-refractivity contribution >= 4 is 34.6 Å². The first-order valence-corrected chi connectivity index (χ1v) is 16.3. The summed E-state index contributed by atoms with van der Waals surface area (Å²) in [5, 5.41) is 8.27. The average Bonchev–Trinajstić information content (AvgIpc) is 3.56. The molecule has 46 heavy (non-hydrogen) atoms. The van der Waals surface area contributed by atoms with Gasteiger partial charge < -0.3 is 29.9 Å². The number of amides is 1. The van der Waals surface area contributed by atoms with Gasteiger partial charge in [0.05, 0.1) is 49.5 Å². The van der Waals surface area contributed by atoms with Crippen LogP contribution in [0.15, 0.2) is 67.5 Å². The molecule has 1 aromatic heterocycles. The summed E-state index contributed by atoms with van der Waals surface area (Å²) in [7, 11) is 1.64. The minimum absolute atomic E-state index is 0.164. The second kappa shape index (κ2) is 16.4. The van der Waals surface area contributed by atoms with Crippen molar-refractivity contribution in [3.63, 3.8) is 0 Å². The number of piperidine rings is 1. The topological polar surface area (TPSA) is 104 Å². The van der Waals surface area contributed by atoms with Gasteiger partial charge in [-0.25, -0.2) is 15.0 Å². The van der Waals surface area contributed by atoms with Crippen LogP contribution in [-0.2, 0) is 20.8 Å². The number of benzene rings is 2. The molecule has 3 heterocycles. The Morgan fingerprint density at radius 2 is 1.87 bits per heavy atom. The maximum Gasteiger partial charge on any atom is 0.247 e. The van der Waals surface area contributed by atoms with E-state index >= 15 is 0 Å². The van der Waals surface area contributed by atoms with Crippen LogP contribution in [0.3, 0.4) is 0 Å². The van der Waals surface area contributed by atoms with Gasteiger partial charge >= 0.3 is 0 Å². The van der Waals surface area contributed by atoms with Crippen LogP contribution in [0.5, 0.6) is 5.75 Å². The number of aromatic nitrogens is 2. The van der Waals surface area contributed by atoms with Gasteiger partial charge in [0.2, 0.25) is 5.91 Å². The van der Waals surface area contributed by atoms with Crippen LogP contribution in [0.4, 0.5) is 28.7 Å². The van der Waals surface area contributed by atoms with Gasteiger partial charge in [-0.05, 0) is 56.5 Å². The quantitative estimate of drug-likeness (QED) is 0.212. The molecule has 2 fully saturated rings. The fourth-order valence-electron chi connectivity index (χ4n) is 6.04. The van der Waals surface area contributed by atoms with Gasteiger partial charge in [-0.3, -0.25) is 9.63 Å². The lowest BCUT2D eigenvalue weighted by Crippen LogP contribution is -2.38. The predicted molar refractivity (Wildman–Crippen MR) is 183 cm³/mol. The molecule has 0 saturated carbocycles. The zero-order valence-electron chi connectivity index (χ0n) is 27.3. The van der Waals surface area contributed by atoms with Gasteiger partial charge in [0.1, 0.15) is 17.9 Å². The molecule has 0 spiro atoms. The summed E-state index contributed by atoms with van der Waals surface area (Å²) in [6, 6.07) is 16.3. The Hall–Kier alpha value is -4.19. The van der Waals surface area contributed by atoms with Crippen LogP contribution in [-0.4, -0.2) is 86.0 Å². The Bertz CT molecular complexity index is 1430. The van der Waals surface area contributed by atoms with Crippen LogP contribution < -0.4 is 25.3 Å². The summed E-state index contributed by atoms with van der Waals surface area (Å²) in [4.78, 5) is 32.1. The minimum atomic E-state index is -0.285. The molecule has 2 aromatic carbocycles. The summed E-state index contributed by atoms with van der Waals surface area (Å²) in [5.41, 5.74) is 3.46. The van der Waals surface area contributed by atoms with Crippen molar-refractivity contribution in [2.24, 2.45) is 0 Å². The second-order valence-corrected chi connectivity index (χ2v) is 11.5. The zero-order valence-corrected chi connectivity index (χ0v) is 27.3. The summed E-state index contributed by atoms with van der Waals surface area (Å²) in [6.45, 7) is 14.0. The molecule has 11 heteroatoms. The van der Waals surface area contributed by atoms with E-state index in [9.17, 15) is 4.79 Å². The number of hydroxylamine groups is 1. The number of carbonyl (C=O) groups is 1. The summed E-state index contributed by atoms with van der Waals surface area (Å²) in [5.74, 6) is 1.60. The van der Waals surface area contributed by atoms with Crippen LogP contribution in [0, 0.1) is 0 Å². The van der Waals surface area contributed by atoms with Gasteiger partial charge in [0, 0.05) is 31.8 Å². The van der Waals surface area contributed by atoms with Crippen molar-refractivity contribution in [1.29, 1.82) is 0 Å². The maximum absolute atomic E-state index is 12.5. The molecule has 2 saturated heterocycles. The predicted octanol–water partition coefficient (Wildman–Crippen LogP) is 5.43. The first-order valence-electron chi connectivity index (χ1n) is 16.3. The highest BCUT2D eigenvalue weighted by molar-refractivity contribution is 6.02. The number of nitrogens with one attached hydrogen (secondary N) is 2. The maximum atomic E-state index is 12.5. The van der Waals surface area contributed by atoms with Gasteiger partial charge in [-0.2, -0.15) is 0 Å². The third-order valence-electron chi connectivity index (χ3n) is 8.67. The summed E-state index contributed by atoms with van der Waals surface area (Å²) >= 11 is 0. The van der Waals surface area contributed by atoms with E-state index in [2.05, 4.69) is 75.1 Å². The number of carbonyl (C=O) groups excluding carboxylic acids is 1. The van der Waals surface area contributed by atoms with Crippen molar-refractivity contribution in [2.45, 2.75) is 51.7 Å². The Kier molecular flexibility index (Phi) is 11.8. The molecular formula is C35H47N7O4. The van der Waals surface area contributed by atoms with Crippen LogP contribution >= 0.6 is 0 Å². The first-order chi connectivity index (χ1) is 22.5. The molecule has 11 nitrogen and oxygen atoms in total. The van der Waals surface area contributed by atoms with E-state index in [0.29, 0.717) is 35.4 Å². The number of likely N-dealkylation sites (N-methyl/N-ethyl adjacent to an activating group) is 1. The molecule has 0 radical (unpaired) electrons. The third-order valence-corrected chi connectivity index (χ3v) is 8.67. The van der Waals surface area contributed by atoms with Crippen molar-refractivity contribution in [2.75, 3.05) is 73.6 Å². The van der Waals surface area contributed by atoms with E-state index in [0.717, 1.165) is 70.7 Å². The molecule has 2 aliphatic rings. The highest BCUT2D eigenvalue weighted by Gasteiger charge is 2.28. The van der Waals surface area contributed by atoms with Gasteiger partial charge in [0.15, 0.2) is 5.82 Å². The minimum Gasteiger partial charge on any atom is -0.494 e. The van der Waals surface area contributed by atoms with Gasteiger partial charge in [0.25, 0.3) is 0 Å². The van der Waals surface area contributed by atoms with Crippen molar-refractivity contribution in [3.8, 4) is 5.75 Å². The van der Waals surface area contributed by atoms with Crippen LogP contribution in [0.25, 0.3) is 0 Å². The van der Waals surface area contributed by atoms with Gasteiger partial charge in [-0.15, -0.1) is 0 Å². The van der Waals surface area contributed by atoms with Gasteiger partial charge in [-0.1, -0.05) is 50.8 Å². The standard InChI is InChI=1S/C35H47N7O4/c1-5-35(43)39-29-22-30(32(44-4)23-31(29)41-16-13-28(14-17-41)45-20-18-40(6-2)7-3)38-33-24-34(37-25-36-33)42-27(15-19-46-42)21-26-11-9-8-10-12-26/h5,8-12,22-25,27-28H,1,6-7,13-21H2,2-4H3,(H,39,43)(H,36,37,38)/t27-/m1/s1. The largest absolute Gasteiger partial charge is 0.494 e. The fraction of sp³-hybridized carbons (Fsp3) is 0.457. The number of anilines is 5. The smallest absolute Gasteiger partial charge is 0.247 e. The molecule has 0 bridgehead atoms. The third kappa shape index (κ3) is 8.54. The fourth-order valence-corrected chi connectivity index (χ4v) is 6.04. The van der Waals surface area contributed by atoms with E-state index in [1.165, 1.54) is 18.0 Å². The molecule has 0 aliphatic carbocycles. The van der Waals surface area contributed by atoms with Crippen molar-refractivity contribution in [3.05, 3.63) is 73.1 Å². The highest BCUT2D eigenvalue weighted by Crippen LogP contribution is 2.40. The van der Waals surface area contributed by atoms with E-state index in [-0.39, 0.29) is 18.1 Å². The lowest BCUT2D eigenvalue weighted by Gasteiger charge is -2.35. The molecule has 0 unspecified atom stereocenters. The molecular weight excluding hydrogens is 582 g/mol.